The zero-order chi connectivity index (χ0) is 12.0. The van der Waals surface area contributed by atoms with Gasteiger partial charge in [0.05, 0.1) is 18.6 Å². The molecule has 2 unspecified atom stereocenters. The van der Waals surface area contributed by atoms with E-state index in [1.54, 1.807) is 0 Å². The van der Waals surface area contributed by atoms with Crippen molar-refractivity contribution in [3.63, 3.8) is 0 Å². The Labute approximate surface area is 95.0 Å². The number of esters is 1. The van der Waals surface area contributed by atoms with E-state index >= 15 is 0 Å². The van der Waals surface area contributed by atoms with Gasteiger partial charge in [0.15, 0.2) is 15.4 Å². The van der Waals surface area contributed by atoms with Crippen LogP contribution < -0.4 is 0 Å². The van der Waals surface area contributed by atoms with Crippen LogP contribution in [0.2, 0.25) is 0 Å². The molecule has 0 aromatic rings. The Balaban J connectivity index is 2.27. The van der Waals surface area contributed by atoms with E-state index in [-0.39, 0.29) is 11.5 Å². The summed E-state index contributed by atoms with van der Waals surface area (Å²) in [5, 5.41) is 0. The van der Waals surface area contributed by atoms with Gasteiger partial charge in [-0.15, -0.1) is 0 Å². The number of carbonyl (C=O) groups excluding carboxylic acids is 1. The predicted octanol–water partition coefficient (Wildman–Crippen LogP) is 0.286. The fraction of sp³-hybridized carbons (Fsp3) is 0.900. The Hall–Kier alpha value is -0.620. The second-order valence-electron chi connectivity index (χ2n) is 4.46. The highest BCUT2D eigenvalue weighted by Gasteiger charge is 2.75. The molecule has 1 spiro atoms. The van der Waals surface area contributed by atoms with Crippen LogP contribution in [0.1, 0.15) is 26.2 Å². The van der Waals surface area contributed by atoms with Crippen molar-refractivity contribution in [3.8, 4) is 0 Å². The van der Waals surface area contributed by atoms with Crippen LogP contribution >= 0.6 is 0 Å². The van der Waals surface area contributed by atoms with Crippen LogP contribution in [-0.4, -0.2) is 44.2 Å². The summed E-state index contributed by atoms with van der Waals surface area (Å²) in [7, 11) is -1.79. The van der Waals surface area contributed by atoms with Gasteiger partial charge in [0.25, 0.3) is 0 Å². The third-order valence-corrected chi connectivity index (χ3v) is 5.38. The fourth-order valence-electron chi connectivity index (χ4n) is 2.72. The first kappa shape index (κ1) is 11.9. The molecule has 5 nitrogen and oxygen atoms in total. The van der Waals surface area contributed by atoms with Crippen molar-refractivity contribution < 1.29 is 22.7 Å². The molecule has 92 valence electrons. The summed E-state index contributed by atoms with van der Waals surface area (Å²) in [5.74, 6) is -0.311. The third kappa shape index (κ3) is 1.47. The van der Waals surface area contributed by atoms with Gasteiger partial charge in [-0.05, 0) is 19.3 Å². The summed E-state index contributed by atoms with van der Waals surface area (Å²) in [5.41, 5.74) is -1.83. The monoisotopic (exact) mass is 248 g/mol. The van der Waals surface area contributed by atoms with E-state index in [1.807, 2.05) is 6.92 Å². The maximum atomic E-state index is 11.7. The molecule has 2 aliphatic heterocycles. The van der Waals surface area contributed by atoms with Gasteiger partial charge in [-0.2, -0.15) is 0 Å². The number of methoxy groups -OCH3 is 1. The molecule has 2 atom stereocenters. The first-order chi connectivity index (χ1) is 7.41. The van der Waals surface area contributed by atoms with Crippen molar-refractivity contribution in [1.82, 2.24) is 0 Å². The highest BCUT2D eigenvalue weighted by atomic mass is 32.2. The molecular weight excluding hydrogens is 232 g/mol. The van der Waals surface area contributed by atoms with Gasteiger partial charge < -0.3 is 9.47 Å². The minimum atomic E-state index is -3.08. The molecule has 2 saturated heterocycles. The van der Waals surface area contributed by atoms with Crippen LogP contribution in [-0.2, 0) is 24.1 Å². The number of rotatable bonds is 2. The lowest BCUT2D eigenvalue weighted by Crippen LogP contribution is -2.42. The minimum absolute atomic E-state index is 0.0526. The van der Waals surface area contributed by atoms with Gasteiger partial charge in [-0.3, -0.25) is 0 Å². The summed E-state index contributed by atoms with van der Waals surface area (Å²) < 4.78 is 33.4. The third-order valence-electron chi connectivity index (χ3n) is 3.57. The van der Waals surface area contributed by atoms with Crippen LogP contribution in [0.4, 0.5) is 0 Å². The van der Waals surface area contributed by atoms with Gasteiger partial charge in [0.1, 0.15) is 5.60 Å². The zero-order valence-electron chi connectivity index (χ0n) is 9.49. The lowest BCUT2D eigenvalue weighted by molar-refractivity contribution is -0.147. The molecule has 0 saturated carbocycles. The molecule has 0 aromatic heterocycles. The number of hydrogen-bond donors (Lipinski definition) is 0. The van der Waals surface area contributed by atoms with Crippen molar-refractivity contribution in [2.24, 2.45) is 0 Å². The molecule has 2 fully saturated rings. The topological polar surface area (TPSA) is 73.0 Å². The van der Waals surface area contributed by atoms with Crippen LogP contribution in [0.5, 0.6) is 0 Å². The number of sulfone groups is 1. The number of hydrogen-bond acceptors (Lipinski definition) is 5. The van der Waals surface area contributed by atoms with Crippen LogP contribution in [0.25, 0.3) is 0 Å². The van der Waals surface area contributed by atoms with Crippen LogP contribution in [0, 0.1) is 0 Å². The van der Waals surface area contributed by atoms with Gasteiger partial charge in [0, 0.05) is 0 Å². The molecule has 0 amide bonds. The highest BCUT2D eigenvalue weighted by molar-refractivity contribution is 7.91. The van der Waals surface area contributed by atoms with Crippen molar-refractivity contribution in [3.05, 3.63) is 0 Å². The Kier molecular flexibility index (Phi) is 2.54. The second kappa shape index (κ2) is 3.43. The zero-order valence-corrected chi connectivity index (χ0v) is 10.3. The van der Waals surface area contributed by atoms with E-state index in [9.17, 15) is 13.2 Å². The van der Waals surface area contributed by atoms with Crippen molar-refractivity contribution in [1.29, 1.82) is 0 Å². The summed E-state index contributed by atoms with van der Waals surface area (Å²) in [6.07, 6.45) is 1.63. The quantitative estimate of drug-likeness (QED) is 0.518. The Morgan fingerprint density at radius 1 is 1.50 bits per heavy atom. The van der Waals surface area contributed by atoms with Gasteiger partial charge in [-0.1, -0.05) is 6.92 Å². The smallest absolute Gasteiger partial charge is 0.341 e. The van der Waals surface area contributed by atoms with E-state index in [0.717, 1.165) is 0 Å². The average molecular weight is 248 g/mol. The fourth-order valence-corrected chi connectivity index (χ4v) is 4.59. The summed E-state index contributed by atoms with van der Waals surface area (Å²) in [6.45, 7) is 1.81. The van der Waals surface area contributed by atoms with E-state index in [2.05, 4.69) is 0 Å². The summed E-state index contributed by atoms with van der Waals surface area (Å²) in [6, 6.07) is 0. The van der Waals surface area contributed by atoms with Gasteiger partial charge in [-0.25, -0.2) is 13.2 Å². The standard InChI is InChI=1S/C10H16O5S/c1-3-10(8(11)14-2)9(15-10)5-4-6-16(12,13)7-9/h3-7H2,1-2H3. The van der Waals surface area contributed by atoms with E-state index < -0.39 is 27.0 Å². The lowest BCUT2D eigenvalue weighted by atomic mass is 9.88. The molecule has 16 heavy (non-hydrogen) atoms. The Bertz CT molecular complexity index is 415. The average Bonchev–Trinajstić information content (AvgIpc) is 2.83. The molecule has 0 N–H and O–H groups in total. The van der Waals surface area contributed by atoms with Crippen molar-refractivity contribution in [2.45, 2.75) is 37.4 Å². The normalized spacial score (nSPS) is 40.6. The highest BCUT2D eigenvalue weighted by Crippen LogP contribution is 2.56. The SMILES string of the molecule is CCC1(C(=O)OC)OC12CCCS(=O)(=O)C2. The van der Waals surface area contributed by atoms with Crippen LogP contribution in [0.3, 0.4) is 0 Å². The Morgan fingerprint density at radius 2 is 2.19 bits per heavy atom. The largest absolute Gasteiger partial charge is 0.467 e. The number of epoxide rings is 1. The molecule has 0 bridgehead atoms. The van der Waals surface area contributed by atoms with Gasteiger partial charge >= 0.3 is 5.97 Å². The van der Waals surface area contributed by atoms with Crippen molar-refractivity contribution >= 4 is 15.8 Å². The van der Waals surface area contributed by atoms with E-state index in [0.29, 0.717) is 19.3 Å². The van der Waals surface area contributed by atoms with Gasteiger partial charge in [0.2, 0.25) is 0 Å². The maximum absolute atomic E-state index is 11.7. The first-order valence-corrected chi connectivity index (χ1v) is 7.22. The number of ether oxygens (including phenoxy) is 2. The molecule has 6 heteroatoms. The predicted molar refractivity (Wildman–Crippen MR) is 56.7 cm³/mol. The molecule has 0 aromatic carbocycles. The van der Waals surface area contributed by atoms with Crippen LogP contribution in [0.15, 0.2) is 0 Å². The van der Waals surface area contributed by atoms with Crippen molar-refractivity contribution in [2.75, 3.05) is 18.6 Å². The summed E-state index contributed by atoms with van der Waals surface area (Å²) >= 11 is 0. The molecule has 2 aliphatic rings. The maximum Gasteiger partial charge on any atom is 0.341 e. The minimum Gasteiger partial charge on any atom is -0.467 e. The first-order valence-electron chi connectivity index (χ1n) is 5.40. The molecule has 2 heterocycles. The molecule has 2 rings (SSSR count). The second-order valence-corrected chi connectivity index (χ2v) is 6.65. The van der Waals surface area contributed by atoms with E-state index in [4.69, 9.17) is 9.47 Å². The van der Waals surface area contributed by atoms with E-state index in [1.165, 1.54) is 7.11 Å². The number of carbonyl (C=O) groups is 1. The molecule has 0 aliphatic carbocycles. The Morgan fingerprint density at radius 3 is 2.69 bits per heavy atom. The molecular formula is C10H16O5S. The summed E-state index contributed by atoms with van der Waals surface area (Å²) in [4.78, 5) is 11.7. The molecule has 0 radical (unpaired) electrons. The lowest BCUT2D eigenvalue weighted by Gasteiger charge is -2.21.